The first-order valence-corrected chi connectivity index (χ1v) is 8.11. The number of sulfonamides is 1. The second kappa shape index (κ2) is 5.78. The van der Waals surface area contributed by atoms with Gasteiger partial charge in [-0.2, -0.15) is 0 Å². The van der Waals surface area contributed by atoms with E-state index >= 15 is 0 Å². The molecule has 6 nitrogen and oxygen atoms in total. The van der Waals surface area contributed by atoms with Crippen molar-refractivity contribution in [2.24, 2.45) is 5.14 Å². The van der Waals surface area contributed by atoms with Gasteiger partial charge in [0.25, 0.3) is 0 Å². The molecule has 8 heteroatoms. The van der Waals surface area contributed by atoms with E-state index in [4.69, 9.17) is 14.6 Å². The van der Waals surface area contributed by atoms with E-state index in [-0.39, 0.29) is 10.8 Å². The van der Waals surface area contributed by atoms with Crippen molar-refractivity contribution in [1.82, 2.24) is 0 Å². The molecule has 0 radical (unpaired) electrons. The molecule has 0 spiro atoms. The van der Waals surface area contributed by atoms with Gasteiger partial charge in [-0.05, 0) is 36.6 Å². The predicted octanol–water partition coefficient (Wildman–Crippen LogP) is 1.49. The summed E-state index contributed by atoms with van der Waals surface area (Å²) in [7, 11) is -3.71. The van der Waals surface area contributed by atoms with Crippen molar-refractivity contribution >= 4 is 37.4 Å². The molecule has 0 aliphatic heterocycles. The molecule has 0 aliphatic rings. The minimum Gasteiger partial charge on any atom is -0.482 e. The minimum absolute atomic E-state index is 0.0926. The Balaban J connectivity index is 2.19. The number of primary sulfonamides is 1. The normalized spacial score (nSPS) is 11.5. The maximum atomic E-state index is 11.3. The average Bonchev–Trinajstić information content (AvgIpc) is 2.79. The molecular formula is C12H13NO5S2. The first-order valence-electron chi connectivity index (χ1n) is 5.75. The topological polar surface area (TPSA) is 95.7 Å². The Hall–Kier alpha value is -1.64. The van der Waals surface area contributed by atoms with Gasteiger partial charge in [-0.25, -0.2) is 18.4 Å². The maximum Gasteiger partial charge on any atom is 0.344 e. The largest absolute Gasteiger partial charge is 0.482 e. The lowest BCUT2D eigenvalue weighted by Gasteiger charge is -2.05. The zero-order valence-corrected chi connectivity index (χ0v) is 12.3. The van der Waals surface area contributed by atoms with Crippen molar-refractivity contribution in [2.75, 3.05) is 13.2 Å². The zero-order chi connectivity index (χ0) is 14.8. The quantitative estimate of drug-likeness (QED) is 0.843. The van der Waals surface area contributed by atoms with Gasteiger partial charge < -0.3 is 9.47 Å². The summed E-state index contributed by atoms with van der Waals surface area (Å²) in [5.41, 5.74) is 0. The Bertz CT molecular complexity index is 735. The number of fused-ring (bicyclic) bond motifs is 1. The fourth-order valence-electron chi connectivity index (χ4n) is 1.56. The highest BCUT2D eigenvalue weighted by Crippen LogP contribution is 2.31. The molecule has 108 valence electrons. The van der Waals surface area contributed by atoms with Gasteiger partial charge in [0.05, 0.1) is 6.61 Å². The molecule has 1 aromatic heterocycles. The van der Waals surface area contributed by atoms with E-state index in [1.807, 2.05) is 0 Å². The molecule has 0 unspecified atom stereocenters. The monoisotopic (exact) mass is 315 g/mol. The van der Waals surface area contributed by atoms with Gasteiger partial charge in [-0.3, -0.25) is 0 Å². The SMILES string of the molecule is CCOC(=O)COc1ccc2cc(S(N)(=O)=O)sc2c1. The molecule has 0 saturated carbocycles. The number of esters is 1. The Morgan fingerprint density at radius 2 is 2.10 bits per heavy atom. The van der Waals surface area contributed by atoms with E-state index in [1.165, 1.54) is 6.07 Å². The van der Waals surface area contributed by atoms with Crippen LogP contribution in [0.2, 0.25) is 0 Å². The zero-order valence-electron chi connectivity index (χ0n) is 10.7. The molecule has 0 fully saturated rings. The molecular weight excluding hydrogens is 302 g/mol. The third kappa shape index (κ3) is 3.47. The van der Waals surface area contributed by atoms with E-state index in [0.717, 1.165) is 21.4 Å². The number of carbonyl (C=O) groups is 1. The number of ether oxygens (including phenoxy) is 2. The predicted molar refractivity (Wildman–Crippen MR) is 75.3 cm³/mol. The van der Waals surface area contributed by atoms with Gasteiger partial charge in [0.1, 0.15) is 9.96 Å². The highest BCUT2D eigenvalue weighted by Gasteiger charge is 2.13. The highest BCUT2D eigenvalue weighted by molar-refractivity contribution is 7.91. The molecule has 2 rings (SSSR count). The number of hydrogen-bond donors (Lipinski definition) is 1. The molecule has 0 bridgehead atoms. The van der Waals surface area contributed by atoms with Crippen molar-refractivity contribution in [1.29, 1.82) is 0 Å². The van der Waals surface area contributed by atoms with Crippen molar-refractivity contribution in [3.63, 3.8) is 0 Å². The van der Waals surface area contributed by atoms with Crippen LogP contribution in [-0.2, 0) is 19.6 Å². The average molecular weight is 315 g/mol. The smallest absolute Gasteiger partial charge is 0.344 e. The number of carbonyl (C=O) groups excluding carboxylic acids is 1. The molecule has 20 heavy (non-hydrogen) atoms. The van der Waals surface area contributed by atoms with Crippen LogP contribution in [0.4, 0.5) is 0 Å². The lowest BCUT2D eigenvalue weighted by Crippen LogP contribution is -2.14. The second-order valence-corrected chi connectivity index (χ2v) is 6.78. The van der Waals surface area contributed by atoms with E-state index in [2.05, 4.69) is 0 Å². The molecule has 0 amide bonds. The van der Waals surface area contributed by atoms with Gasteiger partial charge in [0.15, 0.2) is 6.61 Å². The Kier molecular flexibility index (Phi) is 4.26. The van der Waals surface area contributed by atoms with Crippen LogP contribution in [0.1, 0.15) is 6.92 Å². The van der Waals surface area contributed by atoms with Gasteiger partial charge >= 0.3 is 5.97 Å². The lowest BCUT2D eigenvalue weighted by atomic mass is 10.2. The number of benzene rings is 1. The Morgan fingerprint density at radius 1 is 1.35 bits per heavy atom. The van der Waals surface area contributed by atoms with Crippen molar-refractivity contribution in [3.8, 4) is 5.75 Å². The first-order chi connectivity index (χ1) is 9.40. The molecule has 0 atom stereocenters. The van der Waals surface area contributed by atoms with Crippen LogP contribution in [-0.4, -0.2) is 27.6 Å². The van der Waals surface area contributed by atoms with Gasteiger partial charge in [-0.15, -0.1) is 11.3 Å². The number of hydrogen-bond acceptors (Lipinski definition) is 6. The highest BCUT2D eigenvalue weighted by atomic mass is 32.2. The van der Waals surface area contributed by atoms with Gasteiger partial charge in [-0.1, -0.05) is 0 Å². The Labute approximate surface area is 120 Å². The molecule has 0 saturated heterocycles. The van der Waals surface area contributed by atoms with Crippen LogP contribution in [0.3, 0.4) is 0 Å². The third-order valence-corrected chi connectivity index (χ3v) is 4.93. The summed E-state index contributed by atoms with van der Waals surface area (Å²) in [5.74, 6) is 0.0115. The molecule has 2 aromatic rings. The summed E-state index contributed by atoms with van der Waals surface area (Å²) in [6.45, 7) is 1.82. The fraction of sp³-hybridized carbons (Fsp3) is 0.250. The maximum absolute atomic E-state index is 11.3. The van der Waals surface area contributed by atoms with Crippen LogP contribution < -0.4 is 9.88 Å². The summed E-state index contributed by atoms with van der Waals surface area (Å²) in [4.78, 5) is 11.2. The second-order valence-electron chi connectivity index (χ2n) is 3.90. The number of nitrogens with two attached hydrogens (primary N) is 1. The van der Waals surface area contributed by atoms with Gasteiger partial charge in [0.2, 0.25) is 10.0 Å². The van der Waals surface area contributed by atoms with Crippen LogP contribution in [0.15, 0.2) is 28.5 Å². The molecule has 1 heterocycles. The molecule has 0 aliphatic carbocycles. The van der Waals surface area contributed by atoms with Crippen molar-refractivity contribution in [2.45, 2.75) is 11.1 Å². The van der Waals surface area contributed by atoms with Crippen molar-refractivity contribution in [3.05, 3.63) is 24.3 Å². The lowest BCUT2D eigenvalue weighted by molar-refractivity contribution is -0.145. The van der Waals surface area contributed by atoms with Gasteiger partial charge in [0, 0.05) is 4.70 Å². The Morgan fingerprint density at radius 3 is 2.75 bits per heavy atom. The summed E-state index contributed by atoms with van der Waals surface area (Å²) < 4.78 is 33.4. The van der Waals surface area contributed by atoms with Crippen LogP contribution in [0.25, 0.3) is 10.1 Å². The summed E-state index contributed by atoms with van der Waals surface area (Å²) in [6.07, 6.45) is 0. The standard InChI is InChI=1S/C12H13NO5S2/c1-2-17-11(14)7-18-9-4-3-8-5-12(20(13,15)16)19-10(8)6-9/h3-6H,2,7H2,1H3,(H2,13,15,16). The van der Waals surface area contributed by atoms with Crippen LogP contribution in [0, 0.1) is 0 Å². The number of thiophene rings is 1. The van der Waals surface area contributed by atoms with E-state index < -0.39 is 16.0 Å². The third-order valence-electron chi connectivity index (χ3n) is 2.41. The first kappa shape index (κ1) is 14.8. The van der Waals surface area contributed by atoms with E-state index in [9.17, 15) is 13.2 Å². The molecule has 2 N–H and O–H groups in total. The minimum atomic E-state index is -3.71. The summed E-state index contributed by atoms with van der Waals surface area (Å²) in [5, 5.41) is 5.83. The van der Waals surface area contributed by atoms with Crippen LogP contribution >= 0.6 is 11.3 Å². The summed E-state index contributed by atoms with van der Waals surface area (Å²) in [6, 6.07) is 6.53. The van der Waals surface area contributed by atoms with Crippen molar-refractivity contribution < 1.29 is 22.7 Å². The number of rotatable bonds is 5. The van der Waals surface area contributed by atoms with Crippen LogP contribution in [0.5, 0.6) is 5.75 Å². The van der Waals surface area contributed by atoms with E-state index in [0.29, 0.717) is 12.4 Å². The van der Waals surface area contributed by atoms with E-state index in [1.54, 1.807) is 25.1 Å². The molecule has 1 aromatic carbocycles. The summed E-state index contributed by atoms with van der Waals surface area (Å²) >= 11 is 1.05. The fourth-order valence-corrected chi connectivity index (χ4v) is 3.41.